The summed E-state index contributed by atoms with van der Waals surface area (Å²) in [6, 6.07) is 0. The topological polar surface area (TPSA) is 161 Å². The number of rotatable bonds is 8. The molecule has 11 nitrogen and oxygen atoms in total. The van der Waals surface area contributed by atoms with Gasteiger partial charge in [0.1, 0.15) is 30.5 Å². The van der Waals surface area contributed by atoms with Crippen LogP contribution in [-0.2, 0) is 38.1 Å². The highest BCUT2D eigenvalue weighted by molar-refractivity contribution is 5.90. The van der Waals surface area contributed by atoms with Crippen LogP contribution in [0.1, 0.15) is 114 Å². The number of aliphatic hydroxyl groups excluding tert-OH is 3. The molecule has 3 N–H and O–H groups in total. The molecule has 7 fully saturated rings. The summed E-state index contributed by atoms with van der Waals surface area (Å²) in [5, 5.41) is 33.6. The van der Waals surface area contributed by atoms with E-state index in [2.05, 4.69) is 34.6 Å². The van der Waals surface area contributed by atoms with E-state index in [1.807, 2.05) is 13.8 Å². The van der Waals surface area contributed by atoms with Crippen LogP contribution in [0.2, 0.25) is 0 Å². The predicted octanol–water partition coefficient (Wildman–Crippen LogP) is 4.11. The van der Waals surface area contributed by atoms with Crippen LogP contribution in [0.4, 0.5) is 0 Å². The Morgan fingerprint density at radius 3 is 2.16 bits per heavy atom. The highest BCUT2D eigenvalue weighted by atomic mass is 16.7. The van der Waals surface area contributed by atoms with Gasteiger partial charge < -0.3 is 39.0 Å². The molecule has 0 bridgehead atoms. The molecule has 11 heteroatoms. The molecule has 5 saturated carbocycles. The first-order valence-corrected chi connectivity index (χ1v) is 19.1. The Morgan fingerprint density at radius 1 is 0.900 bits per heavy atom. The Bertz CT molecular complexity index is 1410. The van der Waals surface area contributed by atoms with E-state index >= 15 is 0 Å². The van der Waals surface area contributed by atoms with Crippen LogP contribution >= 0.6 is 0 Å². The van der Waals surface area contributed by atoms with Crippen molar-refractivity contribution in [2.75, 3.05) is 6.61 Å². The Morgan fingerprint density at radius 2 is 1.54 bits per heavy atom. The number of aliphatic hydroxyl groups is 3. The number of epoxide rings is 1. The van der Waals surface area contributed by atoms with E-state index in [9.17, 15) is 29.7 Å². The van der Waals surface area contributed by atoms with Crippen molar-refractivity contribution in [1.29, 1.82) is 0 Å². The molecule has 5 aliphatic carbocycles. The second-order valence-electron chi connectivity index (χ2n) is 19.0. The maximum Gasteiger partial charge on any atom is 0.303 e. The van der Waals surface area contributed by atoms with E-state index in [0.29, 0.717) is 12.3 Å². The molecule has 0 radical (unpaired) electrons. The zero-order valence-corrected chi connectivity index (χ0v) is 31.4. The standard InChI is InChI=1S/C39H60O11/c1-19(16-22(47-20(2)40)32-35(6,7)50-32)27-29(43)31(45)37(9)25-11-10-24-34(4,5)26(12-13-38(24)18-39(25,38)15-14-36(27,37)8)49-33-30(44)28(42)23(17-46-33)48-21(3)41/h19,22-28,30-33,42,44-45H,10-18H2,1-9H3. The quantitative estimate of drug-likeness (QED) is 0.190. The first kappa shape index (κ1) is 36.7. The average Bonchev–Trinajstić information content (AvgIpc) is 3.87. The van der Waals surface area contributed by atoms with Crippen molar-refractivity contribution in [3.05, 3.63) is 0 Å². The first-order valence-electron chi connectivity index (χ1n) is 19.1. The minimum absolute atomic E-state index is 0.0479. The number of fused-ring (bicyclic) bond motifs is 2. The number of esters is 2. The molecule has 0 aromatic heterocycles. The minimum atomic E-state index is -1.34. The van der Waals surface area contributed by atoms with Crippen LogP contribution in [-0.4, -0.2) is 94.3 Å². The van der Waals surface area contributed by atoms with Crippen molar-refractivity contribution in [3.63, 3.8) is 0 Å². The van der Waals surface area contributed by atoms with Crippen LogP contribution in [0.3, 0.4) is 0 Å². The largest absolute Gasteiger partial charge is 0.460 e. The minimum Gasteiger partial charge on any atom is -0.460 e. The molecule has 7 rings (SSSR count). The van der Waals surface area contributed by atoms with Crippen molar-refractivity contribution in [2.24, 2.45) is 50.7 Å². The monoisotopic (exact) mass is 704 g/mol. The first-order chi connectivity index (χ1) is 23.2. The number of ketones is 1. The Kier molecular flexibility index (Phi) is 8.58. The van der Waals surface area contributed by atoms with Gasteiger partial charge in [-0.15, -0.1) is 0 Å². The average molecular weight is 705 g/mol. The molecule has 0 amide bonds. The molecule has 2 heterocycles. The zero-order chi connectivity index (χ0) is 36.6. The lowest BCUT2D eigenvalue weighted by Crippen LogP contribution is -2.61. The van der Waals surface area contributed by atoms with E-state index in [1.165, 1.54) is 13.8 Å². The third-order valence-electron chi connectivity index (χ3n) is 16.0. The second kappa shape index (κ2) is 11.7. The van der Waals surface area contributed by atoms with Crippen molar-refractivity contribution >= 4 is 17.7 Å². The highest BCUT2D eigenvalue weighted by Gasteiger charge is 2.84. The molecule has 0 aromatic carbocycles. The molecule has 2 aliphatic heterocycles. The number of ether oxygens (including phenoxy) is 5. The number of carbonyl (C=O) groups is 3. The molecule has 7 aliphatic rings. The van der Waals surface area contributed by atoms with Crippen molar-refractivity contribution in [1.82, 2.24) is 0 Å². The molecule has 16 unspecified atom stereocenters. The van der Waals surface area contributed by atoms with Crippen LogP contribution in [0.15, 0.2) is 0 Å². The second-order valence-corrected chi connectivity index (χ2v) is 19.0. The molecular weight excluding hydrogens is 644 g/mol. The summed E-state index contributed by atoms with van der Waals surface area (Å²) in [7, 11) is 0. The Balaban J connectivity index is 1.09. The van der Waals surface area contributed by atoms with Gasteiger partial charge in [0.25, 0.3) is 0 Å². The fourth-order valence-electron chi connectivity index (χ4n) is 13.5. The lowest BCUT2D eigenvalue weighted by Gasteiger charge is -2.63. The molecule has 2 spiro atoms. The maximum atomic E-state index is 14.3. The summed E-state index contributed by atoms with van der Waals surface area (Å²) in [5.41, 5.74) is -1.45. The summed E-state index contributed by atoms with van der Waals surface area (Å²) in [4.78, 5) is 37.8. The van der Waals surface area contributed by atoms with Gasteiger partial charge in [-0.3, -0.25) is 14.4 Å². The fourth-order valence-corrected chi connectivity index (χ4v) is 13.5. The highest BCUT2D eigenvalue weighted by Crippen LogP contribution is 2.89. The third kappa shape index (κ3) is 4.99. The van der Waals surface area contributed by atoms with Crippen LogP contribution in [0.25, 0.3) is 0 Å². The lowest BCUT2D eigenvalue weighted by molar-refractivity contribution is -0.304. The summed E-state index contributed by atoms with van der Waals surface area (Å²) in [6.07, 6.45) is 0.598. The molecule has 0 aromatic rings. The van der Waals surface area contributed by atoms with Gasteiger partial charge >= 0.3 is 11.9 Å². The van der Waals surface area contributed by atoms with Gasteiger partial charge in [0.15, 0.2) is 18.2 Å². The van der Waals surface area contributed by atoms with E-state index in [-0.39, 0.29) is 70.2 Å². The van der Waals surface area contributed by atoms with Gasteiger partial charge in [0.05, 0.1) is 18.3 Å². The SMILES string of the molecule is CC(=O)OC1COC(OC2CCC34CC35CCC3(C)C(C(C)CC(OC(C)=O)C6OC6(C)C)C(=O)C(O)C3(C)C5CCC4C2(C)C)C(O)C1O. The summed E-state index contributed by atoms with van der Waals surface area (Å²) in [6.45, 7) is 17.7. The molecule has 50 heavy (non-hydrogen) atoms. The van der Waals surface area contributed by atoms with Crippen molar-refractivity contribution in [3.8, 4) is 0 Å². The van der Waals surface area contributed by atoms with Gasteiger partial charge in [-0.2, -0.15) is 0 Å². The molecular formula is C39H60O11. The summed E-state index contributed by atoms with van der Waals surface area (Å²) in [5.74, 6) is -0.837. The number of carbonyl (C=O) groups excluding carboxylic acids is 3. The van der Waals surface area contributed by atoms with E-state index in [4.69, 9.17) is 23.7 Å². The third-order valence-corrected chi connectivity index (χ3v) is 16.0. The van der Waals surface area contributed by atoms with Gasteiger partial charge in [-0.05, 0) is 105 Å². The molecule has 2 saturated heterocycles. The van der Waals surface area contributed by atoms with Gasteiger partial charge in [0.2, 0.25) is 0 Å². The van der Waals surface area contributed by atoms with E-state index in [1.54, 1.807) is 0 Å². The van der Waals surface area contributed by atoms with E-state index in [0.717, 1.165) is 44.9 Å². The van der Waals surface area contributed by atoms with Gasteiger partial charge in [-0.1, -0.05) is 34.6 Å². The Hall–Kier alpha value is -1.63. The number of Topliss-reactive ketones (excluding diaryl/α,β-unsaturated/α-hetero) is 1. The van der Waals surface area contributed by atoms with Crippen molar-refractivity contribution < 1.29 is 53.4 Å². The number of hydrogen-bond donors (Lipinski definition) is 3. The van der Waals surface area contributed by atoms with Crippen molar-refractivity contribution in [2.45, 2.75) is 168 Å². The van der Waals surface area contributed by atoms with E-state index < -0.39 is 53.6 Å². The normalized spacial score (nSPS) is 50.8. The van der Waals surface area contributed by atoms with Gasteiger partial charge in [-0.25, -0.2) is 0 Å². The molecule has 282 valence electrons. The maximum absolute atomic E-state index is 14.3. The lowest BCUT2D eigenvalue weighted by atomic mass is 9.41. The fraction of sp³-hybridized carbons (Fsp3) is 0.923. The smallest absolute Gasteiger partial charge is 0.303 e. The predicted molar refractivity (Wildman–Crippen MR) is 179 cm³/mol. The van der Waals surface area contributed by atoms with Crippen LogP contribution in [0.5, 0.6) is 0 Å². The summed E-state index contributed by atoms with van der Waals surface area (Å²) >= 11 is 0. The molecule has 16 atom stereocenters. The zero-order valence-electron chi connectivity index (χ0n) is 31.4. The Labute approximate surface area is 296 Å². The van der Waals surface area contributed by atoms with Crippen LogP contribution < -0.4 is 0 Å². The van der Waals surface area contributed by atoms with Crippen LogP contribution in [0, 0.1) is 50.7 Å². The number of hydrogen-bond acceptors (Lipinski definition) is 11. The summed E-state index contributed by atoms with van der Waals surface area (Å²) < 4.78 is 29.1. The van der Waals surface area contributed by atoms with Gasteiger partial charge in [0, 0.05) is 25.2 Å².